The quantitative estimate of drug-likeness (QED) is 0.615. The molecule has 0 saturated carbocycles. The van der Waals surface area contributed by atoms with E-state index in [2.05, 4.69) is 20.6 Å². The van der Waals surface area contributed by atoms with Crippen LogP contribution >= 0.6 is 11.6 Å². The molecule has 2 aromatic rings. The number of carbonyl (C=O) groups is 1. The lowest BCUT2D eigenvalue weighted by Crippen LogP contribution is -2.32. The summed E-state index contributed by atoms with van der Waals surface area (Å²) < 4.78 is 11.1. The smallest absolute Gasteiger partial charge is 0.231 e. The summed E-state index contributed by atoms with van der Waals surface area (Å²) in [6.07, 6.45) is 6.58. The molecule has 174 valence electrons. The van der Waals surface area contributed by atoms with E-state index in [1.54, 1.807) is 18.7 Å². The summed E-state index contributed by atoms with van der Waals surface area (Å²) in [5.74, 6) is 1.29. The number of rotatable bonds is 6. The minimum Gasteiger partial charge on any atom is -0.495 e. The average Bonchev–Trinajstić information content (AvgIpc) is 3.06. The van der Waals surface area contributed by atoms with Gasteiger partial charge in [0.05, 0.1) is 31.3 Å². The summed E-state index contributed by atoms with van der Waals surface area (Å²) in [7, 11) is 3.91. The number of nitrogens with zero attached hydrogens (tertiary/aromatic N) is 4. The number of hydrogen-bond acceptors (Lipinski definition) is 9. The lowest BCUT2D eigenvalue weighted by molar-refractivity contribution is -0.107. The third-order valence-corrected chi connectivity index (χ3v) is 5.51. The maximum atomic E-state index is 11.7. The van der Waals surface area contributed by atoms with Crippen LogP contribution < -0.4 is 20.4 Å². The normalized spacial score (nSPS) is 18.1. The Morgan fingerprint density at radius 2 is 2.21 bits per heavy atom. The first-order valence-corrected chi connectivity index (χ1v) is 11.1. The van der Waals surface area contributed by atoms with Crippen LogP contribution in [0.4, 0.5) is 23.1 Å². The van der Waals surface area contributed by atoms with E-state index < -0.39 is 0 Å². The first kappa shape index (κ1) is 22.7. The van der Waals surface area contributed by atoms with Gasteiger partial charge in [0.25, 0.3) is 0 Å². The zero-order chi connectivity index (χ0) is 23.4. The Labute approximate surface area is 198 Å². The number of hydrogen-bond donors (Lipinski definition) is 2. The van der Waals surface area contributed by atoms with Crippen molar-refractivity contribution in [3.63, 3.8) is 0 Å². The second-order valence-corrected chi connectivity index (χ2v) is 8.40. The highest BCUT2D eigenvalue weighted by atomic mass is 35.5. The Balaban J connectivity index is 1.69. The lowest BCUT2D eigenvalue weighted by atomic mass is 10.1. The molecule has 0 radical (unpaired) electrons. The molecule has 1 unspecified atom stereocenters. The Morgan fingerprint density at radius 3 is 2.97 bits per heavy atom. The second kappa shape index (κ2) is 9.99. The fourth-order valence-corrected chi connectivity index (χ4v) is 3.78. The van der Waals surface area contributed by atoms with Gasteiger partial charge in [-0.25, -0.2) is 4.98 Å². The fourth-order valence-electron chi connectivity index (χ4n) is 3.64. The van der Waals surface area contributed by atoms with E-state index in [1.807, 2.05) is 49.0 Å². The number of anilines is 4. The van der Waals surface area contributed by atoms with E-state index in [0.717, 1.165) is 29.6 Å². The summed E-state index contributed by atoms with van der Waals surface area (Å²) in [5.41, 5.74) is 3.20. The van der Waals surface area contributed by atoms with Gasteiger partial charge in [0, 0.05) is 43.8 Å². The van der Waals surface area contributed by atoms with Gasteiger partial charge in [-0.15, -0.1) is 0 Å². The first-order valence-electron chi connectivity index (χ1n) is 10.7. The largest absolute Gasteiger partial charge is 0.495 e. The van der Waals surface area contributed by atoms with Crippen LogP contribution in [-0.4, -0.2) is 56.1 Å². The fraction of sp³-hybridized carbons (Fsp3) is 0.348. The first-order chi connectivity index (χ1) is 16.0. The summed E-state index contributed by atoms with van der Waals surface area (Å²) >= 11 is 6.41. The van der Waals surface area contributed by atoms with Crippen LogP contribution in [0.25, 0.3) is 5.70 Å². The number of ether oxygens (including phenoxy) is 2. The molecular formula is C23H27ClN6O3. The molecule has 33 heavy (non-hydrogen) atoms. The van der Waals surface area contributed by atoms with E-state index in [9.17, 15) is 4.79 Å². The van der Waals surface area contributed by atoms with Gasteiger partial charge in [0.2, 0.25) is 5.95 Å². The number of nitrogens with one attached hydrogen (secondary N) is 2. The lowest BCUT2D eigenvalue weighted by Gasteiger charge is -2.26. The maximum Gasteiger partial charge on any atom is 0.231 e. The standard InChI is InChI=1S/C23H27ClN6O3/c1-15-13-30(8-10-32-15)23-26-12-18(24)22(28-23)27-16-5-6-19(29(2)3)17(11-16)21-20(14-31)33-9-4-7-25-21/h5-6,8,10-12,14-15,25H,4,7,9,13H2,1-3H3,(H,26,27,28). The molecule has 1 aromatic heterocycles. The SMILES string of the molecule is CC1CN(c2ncc(Cl)c(Nc3ccc(N(C)C)c(C4=C(C=O)OCCCN4)c3)n2)C=CO1. The molecular weight excluding hydrogens is 444 g/mol. The minimum atomic E-state index is 0.0291. The monoisotopic (exact) mass is 470 g/mol. The van der Waals surface area contributed by atoms with Crippen molar-refractivity contribution >= 4 is 46.7 Å². The van der Waals surface area contributed by atoms with E-state index in [-0.39, 0.29) is 6.10 Å². The van der Waals surface area contributed by atoms with E-state index in [0.29, 0.717) is 47.9 Å². The van der Waals surface area contributed by atoms with Crippen LogP contribution in [-0.2, 0) is 14.3 Å². The Hall–Kier alpha value is -3.46. The molecule has 2 aliphatic rings. The predicted octanol–water partition coefficient (Wildman–Crippen LogP) is 3.51. The van der Waals surface area contributed by atoms with Crippen molar-refractivity contribution in [2.24, 2.45) is 0 Å². The number of aromatic nitrogens is 2. The predicted molar refractivity (Wildman–Crippen MR) is 130 cm³/mol. The van der Waals surface area contributed by atoms with Crippen molar-refractivity contribution in [3.8, 4) is 0 Å². The van der Waals surface area contributed by atoms with Crippen molar-refractivity contribution in [2.75, 3.05) is 48.9 Å². The van der Waals surface area contributed by atoms with Gasteiger partial charge in [-0.1, -0.05) is 11.6 Å². The summed E-state index contributed by atoms with van der Waals surface area (Å²) in [6, 6.07) is 5.86. The molecule has 0 saturated heterocycles. The third kappa shape index (κ3) is 5.14. The molecule has 9 nitrogen and oxygen atoms in total. The van der Waals surface area contributed by atoms with Crippen LogP contribution in [0.1, 0.15) is 18.9 Å². The molecule has 2 N–H and O–H groups in total. The van der Waals surface area contributed by atoms with Crippen LogP contribution in [0, 0.1) is 0 Å². The number of benzene rings is 1. The summed E-state index contributed by atoms with van der Waals surface area (Å²) in [6.45, 7) is 3.82. The van der Waals surface area contributed by atoms with Gasteiger partial charge >= 0.3 is 0 Å². The molecule has 10 heteroatoms. The number of aldehydes is 1. The third-order valence-electron chi connectivity index (χ3n) is 5.24. The number of allylic oxidation sites excluding steroid dienone is 1. The van der Waals surface area contributed by atoms with Crippen LogP contribution in [0.5, 0.6) is 0 Å². The molecule has 0 fully saturated rings. The Morgan fingerprint density at radius 1 is 1.36 bits per heavy atom. The van der Waals surface area contributed by atoms with Gasteiger partial charge in [0.15, 0.2) is 17.9 Å². The topological polar surface area (TPSA) is 91.9 Å². The Bertz CT molecular complexity index is 1090. The highest BCUT2D eigenvalue weighted by molar-refractivity contribution is 6.32. The van der Waals surface area contributed by atoms with Crippen molar-refractivity contribution < 1.29 is 14.3 Å². The van der Waals surface area contributed by atoms with E-state index in [4.69, 9.17) is 21.1 Å². The molecule has 4 rings (SSSR count). The highest BCUT2D eigenvalue weighted by Gasteiger charge is 2.20. The highest BCUT2D eigenvalue weighted by Crippen LogP contribution is 2.33. The molecule has 3 heterocycles. The molecule has 1 atom stereocenters. The number of carbonyl (C=O) groups excluding carboxylic acids is 1. The van der Waals surface area contributed by atoms with Gasteiger partial charge in [-0.05, 0) is 31.5 Å². The molecule has 0 spiro atoms. The van der Waals surface area contributed by atoms with Crippen molar-refractivity contribution in [1.82, 2.24) is 15.3 Å². The Kier molecular flexibility index (Phi) is 6.88. The van der Waals surface area contributed by atoms with Crippen LogP contribution in [0.2, 0.25) is 5.02 Å². The van der Waals surface area contributed by atoms with Crippen molar-refractivity contribution in [3.05, 3.63) is 53.2 Å². The number of halogens is 1. The van der Waals surface area contributed by atoms with Crippen LogP contribution in [0.3, 0.4) is 0 Å². The van der Waals surface area contributed by atoms with E-state index in [1.165, 1.54) is 0 Å². The van der Waals surface area contributed by atoms with E-state index >= 15 is 0 Å². The molecule has 2 aliphatic heterocycles. The van der Waals surface area contributed by atoms with Crippen LogP contribution in [0.15, 0.2) is 42.6 Å². The van der Waals surface area contributed by atoms with Gasteiger partial charge in [0.1, 0.15) is 11.1 Å². The molecule has 0 bridgehead atoms. The summed E-state index contributed by atoms with van der Waals surface area (Å²) in [4.78, 5) is 24.6. The van der Waals surface area contributed by atoms with Gasteiger partial charge in [-0.2, -0.15) is 4.98 Å². The van der Waals surface area contributed by atoms with Crippen molar-refractivity contribution in [1.29, 1.82) is 0 Å². The zero-order valence-corrected chi connectivity index (χ0v) is 19.6. The van der Waals surface area contributed by atoms with Gasteiger partial charge < -0.3 is 29.9 Å². The molecule has 0 amide bonds. The average molecular weight is 471 g/mol. The zero-order valence-electron chi connectivity index (χ0n) is 18.8. The summed E-state index contributed by atoms with van der Waals surface area (Å²) in [5, 5.41) is 7.03. The maximum absolute atomic E-state index is 11.7. The minimum absolute atomic E-state index is 0.0291. The van der Waals surface area contributed by atoms with Crippen molar-refractivity contribution in [2.45, 2.75) is 19.4 Å². The van der Waals surface area contributed by atoms with Gasteiger partial charge in [-0.3, -0.25) is 4.79 Å². The second-order valence-electron chi connectivity index (χ2n) is 7.99. The molecule has 0 aliphatic carbocycles. The molecule has 1 aromatic carbocycles.